The highest BCUT2D eigenvalue weighted by molar-refractivity contribution is 5.97. The second kappa shape index (κ2) is 14.3. The van der Waals surface area contributed by atoms with Crippen molar-refractivity contribution in [3.8, 4) is 0 Å². The molecule has 1 aromatic carbocycles. The molecule has 0 saturated heterocycles. The number of ether oxygens (including phenoxy) is 1. The van der Waals surface area contributed by atoms with Crippen LogP contribution in [-0.2, 0) is 14.3 Å². The minimum atomic E-state index is -1.35. The van der Waals surface area contributed by atoms with Gasteiger partial charge >= 0.3 is 18.0 Å². The van der Waals surface area contributed by atoms with Crippen molar-refractivity contribution in [1.29, 1.82) is 0 Å². The van der Waals surface area contributed by atoms with Crippen LogP contribution in [0.2, 0.25) is 0 Å². The SMILES string of the molecule is CC1CCC(C(C)C)C(OC(=O)N2c3c(nc(N)[nH]c3=O)NC[C@@H]2CNc2ccc(C(=O)N[C@@H](CCC(=O)O)C(=O)O)cc2)C1. The van der Waals surface area contributed by atoms with Gasteiger partial charge in [0.1, 0.15) is 12.1 Å². The summed E-state index contributed by atoms with van der Waals surface area (Å²) in [6, 6.07) is 4.29. The summed E-state index contributed by atoms with van der Waals surface area (Å²) in [4.78, 5) is 69.7. The lowest BCUT2D eigenvalue weighted by Gasteiger charge is -2.40. The van der Waals surface area contributed by atoms with E-state index in [2.05, 4.69) is 46.7 Å². The van der Waals surface area contributed by atoms with E-state index in [9.17, 15) is 29.1 Å². The van der Waals surface area contributed by atoms with E-state index in [4.69, 9.17) is 15.6 Å². The van der Waals surface area contributed by atoms with Crippen molar-refractivity contribution in [3.05, 3.63) is 40.2 Å². The summed E-state index contributed by atoms with van der Waals surface area (Å²) in [6.07, 6.45) is 1.15. The maximum absolute atomic E-state index is 13.8. The summed E-state index contributed by atoms with van der Waals surface area (Å²) in [7, 11) is 0. The van der Waals surface area contributed by atoms with Gasteiger partial charge in [-0.1, -0.05) is 27.2 Å². The van der Waals surface area contributed by atoms with Gasteiger partial charge in [0.05, 0.1) is 6.04 Å². The van der Waals surface area contributed by atoms with Crippen LogP contribution in [0.25, 0.3) is 0 Å². The molecule has 2 aliphatic rings. The molecule has 1 saturated carbocycles. The van der Waals surface area contributed by atoms with Crippen molar-refractivity contribution in [1.82, 2.24) is 15.3 Å². The smallest absolute Gasteiger partial charge is 0.415 e. The Hall–Kier alpha value is -4.82. The molecule has 0 radical (unpaired) electrons. The molecule has 1 aliphatic heterocycles. The van der Waals surface area contributed by atoms with E-state index in [0.29, 0.717) is 17.5 Å². The lowest BCUT2D eigenvalue weighted by molar-refractivity contribution is -0.140. The van der Waals surface area contributed by atoms with Crippen LogP contribution >= 0.6 is 0 Å². The maximum Gasteiger partial charge on any atom is 0.415 e. The maximum atomic E-state index is 13.8. The topological polar surface area (TPSA) is 229 Å². The van der Waals surface area contributed by atoms with Crippen molar-refractivity contribution in [3.63, 3.8) is 0 Å². The van der Waals surface area contributed by atoms with Crippen molar-refractivity contribution >= 4 is 47.1 Å². The monoisotopic (exact) mass is 627 g/mol. The molecular weight excluding hydrogens is 586 g/mol. The third-order valence-electron chi connectivity index (χ3n) is 8.37. The molecule has 15 heteroatoms. The number of carbonyl (C=O) groups is 4. The van der Waals surface area contributed by atoms with Gasteiger partial charge in [-0.25, -0.2) is 9.59 Å². The Kier molecular flexibility index (Phi) is 10.5. The molecule has 8 N–H and O–H groups in total. The molecule has 1 aliphatic carbocycles. The second-order valence-corrected chi connectivity index (χ2v) is 12.1. The third kappa shape index (κ3) is 8.22. The number of aliphatic carboxylic acids is 2. The van der Waals surface area contributed by atoms with Crippen LogP contribution in [0, 0.1) is 17.8 Å². The Bertz CT molecular complexity index is 1460. The number of benzene rings is 1. The van der Waals surface area contributed by atoms with Crippen molar-refractivity contribution in [2.45, 2.75) is 71.1 Å². The molecule has 2 aromatic rings. The Morgan fingerprint density at radius 1 is 1.16 bits per heavy atom. The molecule has 2 amide bonds. The first-order valence-corrected chi connectivity index (χ1v) is 15.1. The number of nitrogen functional groups attached to an aromatic ring is 1. The Morgan fingerprint density at radius 2 is 1.87 bits per heavy atom. The first-order chi connectivity index (χ1) is 21.3. The highest BCUT2D eigenvalue weighted by atomic mass is 16.6. The van der Waals surface area contributed by atoms with E-state index in [0.717, 1.165) is 19.3 Å². The number of aromatic nitrogens is 2. The molecule has 0 bridgehead atoms. The van der Waals surface area contributed by atoms with Gasteiger partial charge in [-0.3, -0.25) is 24.3 Å². The zero-order valence-corrected chi connectivity index (χ0v) is 25.5. The van der Waals surface area contributed by atoms with Gasteiger partial charge < -0.3 is 36.6 Å². The third-order valence-corrected chi connectivity index (χ3v) is 8.37. The number of carbonyl (C=O) groups excluding carboxylic acids is 2. The predicted octanol–water partition coefficient (Wildman–Crippen LogP) is 2.71. The zero-order chi connectivity index (χ0) is 32.8. The normalized spacial score (nSPS) is 21.6. The number of rotatable bonds is 11. The fraction of sp³-hybridized carbons (Fsp3) is 0.533. The Balaban J connectivity index is 1.48. The van der Waals surface area contributed by atoms with Crippen LogP contribution in [0.1, 0.15) is 63.2 Å². The van der Waals surface area contributed by atoms with Crippen LogP contribution < -0.4 is 32.1 Å². The average Bonchev–Trinajstić information content (AvgIpc) is 2.97. The van der Waals surface area contributed by atoms with Crippen molar-refractivity contribution < 1.29 is 34.1 Å². The zero-order valence-electron chi connectivity index (χ0n) is 25.5. The lowest BCUT2D eigenvalue weighted by atomic mass is 9.75. The first kappa shape index (κ1) is 33.1. The van der Waals surface area contributed by atoms with E-state index in [1.807, 2.05) is 0 Å². The second-order valence-electron chi connectivity index (χ2n) is 12.1. The number of fused-ring (bicyclic) bond motifs is 1. The van der Waals surface area contributed by atoms with E-state index >= 15 is 0 Å². The van der Waals surface area contributed by atoms with Gasteiger partial charge in [-0.15, -0.1) is 0 Å². The summed E-state index contributed by atoms with van der Waals surface area (Å²) in [6.45, 7) is 6.81. The highest BCUT2D eigenvalue weighted by Gasteiger charge is 2.39. The quantitative estimate of drug-likeness (QED) is 0.191. The number of nitrogens with two attached hydrogens (primary N) is 1. The molecule has 45 heavy (non-hydrogen) atoms. The molecular formula is C30H41N7O8. The van der Waals surface area contributed by atoms with Gasteiger partial charge in [-0.2, -0.15) is 4.98 Å². The number of amides is 2. The molecule has 244 valence electrons. The first-order valence-electron chi connectivity index (χ1n) is 15.1. The van der Waals surface area contributed by atoms with Crippen LogP contribution in [0.15, 0.2) is 29.1 Å². The standard InChI is InChI=1S/C30H41N7O8/c1-15(2)20-9-4-16(3)12-22(20)45-30(44)37-19(14-33-25-24(37)27(41)36-29(31)35-25)13-32-18-7-5-17(6-8-18)26(40)34-21(28(42)43)10-11-23(38)39/h5-8,15-16,19-22,32H,4,9-14H2,1-3H3,(H,34,40)(H,38,39)(H,42,43)(H4,31,33,35,36,41)/t16?,19-,20?,21-,22?/m0/s1. The van der Waals surface area contributed by atoms with Crippen molar-refractivity contribution in [2.75, 3.05) is 34.4 Å². The fourth-order valence-corrected chi connectivity index (χ4v) is 5.90. The number of hydrogen-bond acceptors (Lipinski definition) is 10. The highest BCUT2D eigenvalue weighted by Crippen LogP contribution is 2.36. The summed E-state index contributed by atoms with van der Waals surface area (Å²) < 4.78 is 6.12. The predicted molar refractivity (Wildman–Crippen MR) is 166 cm³/mol. The van der Waals surface area contributed by atoms with Crippen LogP contribution in [0.4, 0.5) is 27.9 Å². The van der Waals surface area contributed by atoms with Gasteiger partial charge in [0.15, 0.2) is 11.5 Å². The lowest BCUT2D eigenvalue weighted by Crippen LogP contribution is -2.54. The molecule has 15 nitrogen and oxygen atoms in total. The average molecular weight is 628 g/mol. The number of H-pyrrole nitrogens is 1. The van der Waals surface area contributed by atoms with E-state index in [-0.39, 0.29) is 54.5 Å². The van der Waals surface area contributed by atoms with Crippen LogP contribution in [0.5, 0.6) is 0 Å². The van der Waals surface area contributed by atoms with Gasteiger partial charge in [0.25, 0.3) is 11.5 Å². The molecule has 1 aromatic heterocycles. The number of nitrogens with zero attached hydrogens (tertiary/aromatic N) is 2. The van der Waals surface area contributed by atoms with E-state index < -0.39 is 48.0 Å². The van der Waals surface area contributed by atoms with Crippen LogP contribution in [-0.4, -0.2) is 75.4 Å². The van der Waals surface area contributed by atoms with E-state index in [1.165, 1.54) is 17.0 Å². The molecule has 1 fully saturated rings. The van der Waals surface area contributed by atoms with E-state index in [1.54, 1.807) is 12.1 Å². The van der Waals surface area contributed by atoms with Crippen molar-refractivity contribution in [2.24, 2.45) is 17.8 Å². The largest absolute Gasteiger partial charge is 0.481 e. The number of anilines is 4. The fourth-order valence-electron chi connectivity index (χ4n) is 5.90. The minimum absolute atomic E-state index is 0.0140. The number of hydrogen-bond donors (Lipinski definition) is 7. The Morgan fingerprint density at radius 3 is 2.51 bits per heavy atom. The van der Waals surface area contributed by atoms with Crippen LogP contribution in [0.3, 0.4) is 0 Å². The molecule has 3 unspecified atom stereocenters. The molecule has 2 heterocycles. The van der Waals surface area contributed by atoms with Gasteiger partial charge in [0.2, 0.25) is 5.95 Å². The number of carboxylic acid groups (broad SMARTS) is 2. The number of aromatic amines is 1. The minimum Gasteiger partial charge on any atom is -0.481 e. The van der Waals surface area contributed by atoms with Gasteiger partial charge in [-0.05, 0) is 61.3 Å². The Labute approximate surface area is 259 Å². The molecule has 0 spiro atoms. The molecule has 4 rings (SSSR count). The number of carboxylic acids is 2. The summed E-state index contributed by atoms with van der Waals surface area (Å²) in [5, 5.41) is 26.8. The number of nitrogens with one attached hydrogen (secondary N) is 4. The summed E-state index contributed by atoms with van der Waals surface area (Å²) >= 11 is 0. The summed E-state index contributed by atoms with van der Waals surface area (Å²) in [5.41, 5.74) is 5.96. The summed E-state index contributed by atoms with van der Waals surface area (Å²) in [5.74, 6) is -2.14. The molecule has 5 atom stereocenters. The van der Waals surface area contributed by atoms with Gasteiger partial charge in [0, 0.05) is 30.8 Å².